The van der Waals surface area contributed by atoms with Crippen LogP contribution < -0.4 is 0 Å². The highest BCUT2D eigenvalue weighted by Crippen LogP contribution is 2.37. The number of halogens is 3. The summed E-state index contributed by atoms with van der Waals surface area (Å²) in [6.45, 7) is 2.38. The smallest absolute Gasteiger partial charge is 0.416 e. The zero-order valence-corrected chi connectivity index (χ0v) is 18.3. The van der Waals surface area contributed by atoms with Crippen LogP contribution in [0.25, 0.3) is 16.5 Å². The van der Waals surface area contributed by atoms with Crippen molar-refractivity contribution in [3.05, 3.63) is 46.8 Å². The summed E-state index contributed by atoms with van der Waals surface area (Å²) < 4.78 is 76.9. The summed E-state index contributed by atoms with van der Waals surface area (Å²) in [5.41, 5.74) is -0.943. The number of likely N-dealkylation sites (N-methyl/N-ethyl adjacent to an activating group) is 1. The van der Waals surface area contributed by atoms with Gasteiger partial charge in [0.2, 0.25) is 10.0 Å². The molecule has 0 radical (unpaired) electrons. The van der Waals surface area contributed by atoms with Crippen molar-refractivity contribution < 1.29 is 35.9 Å². The number of hydrogen-bond donors (Lipinski definition) is 0. The molecule has 3 rings (SSSR count). The van der Waals surface area contributed by atoms with E-state index in [0.717, 1.165) is 21.7 Å². The first-order valence-electron chi connectivity index (χ1n) is 9.26. The molecule has 1 aromatic carbocycles. The Morgan fingerprint density at radius 2 is 2.03 bits per heavy atom. The highest BCUT2D eigenvalue weighted by molar-refractivity contribution is 7.89. The van der Waals surface area contributed by atoms with Crippen molar-refractivity contribution in [2.24, 2.45) is 0 Å². The molecule has 0 spiro atoms. The molecule has 1 atom stereocenters. The first-order chi connectivity index (χ1) is 14.5. The minimum atomic E-state index is -4.72. The van der Waals surface area contributed by atoms with E-state index in [1.165, 1.54) is 25.3 Å². The Kier molecular flexibility index (Phi) is 6.89. The minimum Gasteiger partial charge on any atom is -0.463 e. The van der Waals surface area contributed by atoms with Crippen LogP contribution in [0.15, 0.2) is 41.3 Å². The van der Waals surface area contributed by atoms with Crippen molar-refractivity contribution in [1.29, 1.82) is 0 Å². The number of thiophene rings is 1. The van der Waals surface area contributed by atoms with Gasteiger partial charge in [0.05, 0.1) is 29.8 Å². The van der Waals surface area contributed by atoms with Crippen molar-refractivity contribution >= 4 is 33.4 Å². The number of ether oxygens (including phenoxy) is 2. The molecule has 1 aromatic heterocycles. The molecule has 6 nitrogen and oxygen atoms in total. The summed E-state index contributed by atoms with van der Waals surface area (Å²) in [7, 11) is -2.84. The van der Waals surface area contributed by atoms with Crippen molar-refractivity contribution in [3.8, 4) is 10.4 Å². The third kappa shape index (κ3) is 5.94. The summed E-state index contributed by atoms with van der Waals surface area (Å²) >= 11 is 1.12. The fraction of sp³-hybridized carbons (Fsp3) is 0.350. The maximum Gasteiger partial charge on any atom is 0.416 e. The molecule has 0 N–H and O–H groups in total. The van der Waals surface area contributed by atoms with Crippen LogP contribution in [0.5, 0.6) is 0 Å². The van der Waals surface area contributed by atoms with E-state index in [1.807, 2.05) is 0 Å². The zero-order valence-electron chi connectivity index (χ0n) is 16.7. The number of benzene rings is 1. The van der Waals surface area contributed by atoms with Gasteiger partial charge < -0.3 is 9.47 Å². The van der Waals surface area contributed by atoms with E-state index in [4.69, 9.17) is 9.47 Å². The van der Waals surface area contributed by atoms with Crippen LogP contribution in [-0.4, -0.2) is 51.6 Å². The van der Waals surface area contributed by atoms with Crippen molar-refractivity contribution in [2.75, 3.05) is 26.8 Å². The molecule has 0 aliphatic carbocycles. The number of rotatable bonds is 8. The third-order valence-electron chi connectivity index (χ3n) is 4.39. The van der Waals surface area contributed by atoms with Crippen LogP contribution >= 0.6 is 11.3 Å². The Labute approximate surface area is 181 Å². The maximum atomic E-state index is 13.5. The van der Waals surface area contributed by atoms with E-state index < -0.39 is 32.6 Å². The first kappa shape index (κ1) is 23.5. The number of nitrogens with zero attached hydrogens (tertiary/aromatic N) is 1. The van der Waals surface area contributed by atoms with E-state index >= 15 is 0 Å². The van der Waals surface area contributed by atoms with Crippen molar-refractivity contribution in [2.45, 2.75) is 24.1 Å². The normalized spacial score (nSPS) is 16.8. The molecule has 1 unspecified atom stereocenters. The second-order valence-corrected chi connectivity index (χ2v) is 9.93. The van der Waals surface area contributed by atoms with Crippen molar-refractivity contribution in [3.63, 3.8) is 0 Å². The van der Waals surface area contributed by atoms with Crippen LogP contribution in [0.1, 0.15) is 17.4 Å². The number of esters is 1. The highest BCUT2D eigenvalue weighted by atomic mass is 32.2. The largest absolute Gasteiger partial charge is 0.463 e. The zero-order chi connectivity index (χ0) is 22.8. The molecule has 1 fully saturated rings. The van der Waals surface area contributed by atoms with Crippen LogP contribution in [0, 0.1) is 0 Å². The third-order valence-corrected chi connectivity index (χ3v) is 7.29. The van der Waals surface area contributed by atoms with E-state index in [-0.39, 0.29) is 24.8 Å². The van der Waals surface area contributed by atoms with Gasteiger partial charge in [-0.05, 0) is 48.9 Å². The number of hydrogen-bond acceptors (Lipinski definition) is 6. The van der Waals surface area contributed by atoms with Gasteiger partial charge in [-0.1, -0.05) is 0 Å². The standard InChI is InChI=1S/C20H20F3NO5S2/c1-3-28-19(25)7-5-16-4-6-18(30-16)13-8-14(20(21,22)23)10-17(9-13)31(26,27)24(2)11-15-12-29-15/h4-10,15H,3,11-12H2,1-2H3. The molecule has 11 heteroatoms. The summed E-state index contributed by atoms with van der Waals surface area (Å²) in [5.74, 6) is -0.535. The minimum absolute atomic E-state index is 0.0652. The fourth-order valence-corrected chi connectivity index (χ4v) is 4.90. The highest BCUT2D eigenvalue weighted by Gasteiger charge is 2.35. The van der Waals surface area contributed by atoms with Gasteiger partial charge in [-0.2, -0.15) is 17.5 Å². The molecule has 1 aliphatic rings. The molecular formula is C20H20F3NO5S2. The number of alkyl halides is 3. The Morgan fingerprint density at radius 1 is 1.32 bits per heavy atom. The Bertz CT molecular complexity index is 1090. The van der Waals surface area contributed by atoms with Gasteiger partial charge in [0.25, 0.3) is 0 Å². The van der Waals surface area contributed by atoms with Crippen LogP contribution in [0.2, 0.25) is 0 Å². The molecule has 0 saturated carbocycles. The second-order valence-electron chi connectivity index (χ2n) is 6.77. The Balaban J connectivity index is 1.97. The van der Waals surface area contributed by atoms with Crippen molar-refractivity contribution in [1.82, 2.24) is 4.31 Å². The topological polar surface area (TPSA) is 76.2 Å². The fourth-order valence-electron chi connectivity index (χ4n) is 2.73. The maximum absolute atomic E-state index is 13.5. The molecule has 2 heterocycles. The quantitative estimate of drug-likeness (QED) is 0.327. The summed E-state index contributed by atoms with van der Waals surface area (Å²) in [6.07, 6.45) is -2.25. The predicted octanol–water partition coefficient (Wildman–Crippen LogP) is 4.03. The molecule has 1 aliphatic heterocycles. The van der Waals surface area contributed by atoms with Gasteiger partial charge in [-0.25, -0.2) is 13.2 Å². The Morgan fingerprint density at radius 3 is 2.65 bits per heavy atom. The summed E-state index contributed by atoms with van der Waals surface area (Å²) in [6, 6.07) is 5.97. The molecule has 31 heavy (non-hydrogen) atoms. The van der Waals surface area contributed by atoms with Gasteiger partial charge in [0.1, 0.15) is 0 Å². The van der Waals surface area contributed by atoms with Gasteiger partial charge >= 0.3 is 12.1 Å². The molecule has 168 valence electrons. The average Bonchev–Trinajstić information content (AvgIpc) is 3.38. The number of carbonyl (C=O) groups excluding carboxylic acids is 1. The lowest BCUT2D eigenvalue weighted by molar-refractivity contribution is -0.138. The number of carbonyl (C=O) groups is 1. The van der Waals surface area contributed by atoms with Gasteiger partial charge in [0.15, 0.2) is 0 Å². The first-order valence-corrected chi connectivity index (χ1v) is 11.5. The van der Waals surface area contributed by atoms with Gasteiger partial charge in [0, 0.05) is 29.4 Å². The van der Waals surface area contributed by atoms with Gasteiger partial charge in [-0.15, -0.1) is 11.3 Å². The van der Waals surface area contributed by atoms with E-state index in [9.17, 15) is 26.4 Å². The second kappa shape index (κ2) is 9.11. The molecular weight excluding hydrogens is 455 g/mol. The Hall–Kier alpha value is -2.21. The van der Waals surface area contributed by atoms with E-state index in [0.29, 0.717) is 22.4 Å². The lowest BCUT2D eigenvalue weighted by atomic mass is 10.1. The van der Waals surface area contributed by atoms with E-state index in [1.54, 1.807) is 19.1 Å². The van der Waals surface area contributed by atoms with Crippen LogP contribution in [0.3, 0.4) is 0 Å². The van der Waals surface area contributed by atoms with E-state index in [2.05, 4.69) is 0 Å². The molecule has 0 amide bonds. The summed E-state index contributed by atoms with van der Waals surface area (Å²) in [4.78, 5) is 12.0. The summed E-state index contributed by atoms with van der Waals surface area (Å²) in [5, 5.41) is 0. The molecule has 0 bridgehead atoms. The number of sulfonamides is 1. The lowest BCUT2D eigenvalue weighted by Crippen LogP contribution is -2.30. The monoisotopic (exact) mass is 475 g/mol. The SMILES string of the molecule is CCOC(=O)C=Cc1ccc(-c2cc(C(F)(F)F)cc(S(=O)(=O)N(C)CC3CO3)c2)s1. The average molecular weight is 476 g/mol. The lowest BCUT2D eigenvalue weighted by Gasteiger charge is -2.18. The predicted molar refractivity (Wildman–Crippen MR) is 110 cm³/mol. The number of epoxide rings is 1. The molecule has 2 aromatic rings. The van der Waals surface area contributed by atoms with Crippen LogP contribution in [-0.2, 0) is 30.5 Å². The van der Waals surface area contributed by atoms with Crippen LogP contribution in [0.4, 0.5) is 13.2 Å². The molecule has 1 saturated heterocycles. The van der Waals surface area contributed by atoms with Gasteiger partial charge in [-0.3, -0.25) is 0 Å².